The van der Waals surface area contributed by atoms with Gasteiger partial charge in [-0.2, -0.15) is 0 Å². The first kappa shape index (κ1) is 38.6. The number of oxime groups is 1. The second kappa shape index (κ2) is 15.0. The molecule has 9 N–H and O–H groups in total. The Morgan fingerprint density at radius 3 is 2.41 bits per heavy atom. The molecule has 7 atom stereocenters. The lowest BCUT2D eigenvalue weighted by Gasteiger charge is -2.52. The number of piperidine rings is 1. The van der Waals surface area contributed by atoms with Crippen LogP contribution in [0.1, 0.15) is 48.2 Å². The molecular weight excluding hydrogens is 774 g/mol. The maximum absolute atomic E-state index is 13.5. The maximum Gasteiger partial charge on any atom is 0.352 e. The minimum atomic E-state index is -1.94. The third kappa shape index (κ3) is 7.22. The first-order valence-electron chi connectivity index (χ1n) is 16.5. The normalized spacial score (nSPS) is 26.7. The molecule has 4 aliphatic heterocycles. The summed E-state index contributed by atoms with van der Waals surface area (Å²) < 4.78 is 0.502. The molecule has 2 aromatic rings. The lowest BCUT2D eigenvalue weighted by atomic mass is 9.92. The van der Waals surface area contributed by atoms with E-state index in [2.05, 4.69) is 20.8 Å². The summed E-state index contributed by atoms with van der Waals surface area (Å²) in [5.41, 5.74) is 5.39. The van der Waals surface area contributed by atoms with Crippen molar-refractivity contribution in [1.29, 1.82) is 0 Å². The predicted octanol–water partition coefficient (Wildman–Crippen LogP) is 0.747. The molecule has 3 fully saturated rings. The number of hydrogen-bond donors (Lipinski definition) is 8. The fourth-order valence-electron chi connectivity index (χ4n) is 7.58. The zero-order chi connectivity index (χ0) is 39.2. The van der Waals surface area contributed by atoms with Crippen LogP contribution < -0.4 is 16.4 Å². The van der Waals surface area contributed by atoms with Crippen LogP contribution in [0.2, 0.25) is 5.02 Å². The van der Waals surface area contributed by atoms with Crippen LogP contribution in [-0.4, -0.2) is 136 Å². The summed E-state index contributed by atoms with van der Waals surface area (Å²) in [6, 6.07) is 1.19. The average molecular weight is 809 g/mol. The monoisotopic (exact) mass is 808 g/mol. The number of benzene rings is 1. The van der Waals surface area contributed by atoms with Gasteiger partial charge < -0.3 is 51.2 Å². The number of hydrogen-bond acceptors (Lipinski definition) is 14. The van der Waals surface area contributed by atoms with E-state index in [0.717, 1.165) is 29.1 Å². The highest BCUT2D eigenvalue weighted by Crippen LogP contribution is 2.46. The van der Waals surface area contributed by atoms with Gasteiger partial charge in [0, 0.05) is 48.4 Å². The van der Waals surface area contributed by atoms with Gasteiger partial charge in [0.1, 0.15) is 29.4 Å². The number of aliphatic carboxylic acids is 3. The molecule has 22 heteroatoms. The first-order valence-corrected chi connectivity index (χ1v) is 18.8. The molecule has 6 rings (SSSR count). The first-order chi connectivity index (χ1) is 25.5. The summed E-state index contributed by atoms with van der Waals surface area (Å²) in [6.07, 6.45) is -0.0691. The van der Waals surface area contributed by atoms with Crippen molar-refractivity contribution in [1.82, 2.24) is 20.5 Å². The van der Waals surface area contributed by atoms with Crippen LogP contribution in [0.3, 0.4) is 0 Å². The molecule has 4 aliphatic rings. The highest BCUT2D eigenvalue weighted by atomic mass is 35.5. The largest absolute Gasteiger partial charge is 0.504 e. The van der Waals surface area contributed by atoms with Crippen molar-refractivity contribution in [3.05, 3.63) is 45.1 Å². The maximum atomic E-state index is 13.5. The highest BCUT2D eigenvalue weighted by molar-refractivity contribution is 8.00. The van der Waals surface area contributed by atoms with E-state index in [-0.39, 0.29) is 51.0 Å². The number of nitrogens with two attached hydrogens (primary N) is 1. The number of likely N-dealkylation sites (N-methyl/N-ethyl adjacent to an activating group) is 1. The Hall–Kier alpha value is -5.12. The highest BCUT2D eigenvalue weighted by Gasteiger charge is 2.57. The van der Waals surface area contributed by atoms with Crippen LogP contribution in [0.5, 0.6) is 11.5 Å². The molecule has 1 aromatic heterocycles. The molecule has 3 saturated heterocycles. The van der Waals surface area contributed by atoms with Gasteiger partial charge in [0.15, 0.2) is 22.3 Å². The van der Waals surface area contributed by atoms with Crippen molar-refractivity contribution in [3.63, 3.8) is 0 Å². The Morgan fingerprint density at radius 1 is 1.13 bits per heavy atom. The average Bonchev–Trinajstić information content (AvgIpc) is 3.57. The zero-order valence-electron chi connectivity index (χ0n) is 28.3. The smallest absolute Gasteiger partial charge is 0.352 e. The Morgan fingerprint density at radius 2 is 1.81 bits per heavy atom. The molecule has 288 valence electrons. The number of carbonyl (C=O) groups excluding carboxylic acids is 3. The van der Waals surface area contributed by atoms with E-state index in [1.165, 1.54) is 29.3 Å². The zero-order valence-corrected chi connectivity index (χ0v) is 30.7. The van der Waals surface area contributed by atoms with E-state index in [1.54, 1.807) is 0 Å². The number of aromatic hydroxyl groups is 2. The molecule has 3 amide bonds. The van der Waals surface area contributed by atoms with Gasteiger partial charge in [0.05, 0.1) is 36.1 Å². The second-order valence-corrected chi connectivity index (χ2v) is 15.9. The Labute approximate surface area is 319 Å². The summed E-state index contributed by atoms with van der Waals surface area (Å²) in [7, 11) is 2.04. The van der Waals surface area contributed by atoms with E-state index in [0.29, 0.717) is 29.4 Å². The van der Waals surface area contributed by atoms with E-state index >= 15 is 0 Å². The van der Waals surface area contributed by atoms with Gasteiger partial charge in [-0.1, -0.05) is 16.8 Å². The predicted molar refractivity (Wildman–Crippen MR) is 191 cm³/mol. The second-order valence-electron chi connectivity index (χ2n) is 13.5. The fraction of sp³-hybridized carbons (Fsp3) is 0.438. The number of nitrogens with zero attached hydrogens (tertiary/aromatic N) is 4. The summed E-state index contributed by atoms with van der Waals surface area (Å²) in [5.74, 6) is -7.46. The Bertz CT molecular complexity index is 1990. The lowest BCUT2D eigenvalue weighted by Crippen LogP contribution is -2.71. The van der Waals surface area contributed by atoms with Gasteiger partial charge in [0.25, 0.3) is 17.7 Å². The number of halogens is 1. The van der Waals surface area contributed by atoms with Crippen molar-refractivity contribution in [3.8, 4) is 11.5 Å². The number of quaternary nitrogens is 1. The quantitative estimate of drug-likeness (QED) is 0.0456. The van der Waals surface area contributed by atoms with E-state index in [1.807, 2.05) is 7.05 Å². The van der Waals surface area contributed by atoms with Gasteiger partial charge >= 0.3 is 17.9 Å². The number of β-lactam (4-membered cyclic amide) rings is 1. The van der Waals surface area contributed by atoms with Crippen LogP contribution in [-0.2, 0) is 28.8 Å². The van der Waals surface area contributed by atoms with Crippen LogP contribution >= 0.6 is 34.7 Å². The number of phenolic OH excluding ortho intramolecular Hbond substituents is 2. The molecule has 0 saturated carbocycles. The molecule has 2 bridgehead atoms. The number of amides is 3. The van der Waals surface area contributed by atoms with E-state index in [9.17, 15) is 49.2 Å². The fourth-order valence-corrected chi connectivity index (χ4v) is 9.71. The van der Waals surface area contributed by atoms with Crippen molar-refractivity contribution in [2.75, 3.05) is 25.1 Å². The minimum Gasteiger partial charge on any atom is -0.504 e. The number of thiazole rings is 1. The minimum absolute atomic E-state index is 0.0214. The Balaban J connectivity index is 1.15. The number of fused-ring (bicyclic) bond motifs is 3. The van der Waals surface area contributed by atoms with Crippen molar-refractivity contribution in [2.24, 2.45) is 5.16 Å². The summed E-state index contributed by atoms with van der Waals surface area (Å²) in [6.45, 7) is 0.330. The SMILES string of the molecule is C[N+]1(CC2=C(C(=O)O)N3C(=O)[C@@H](NC(=O)/C(=N\O[C@@H](CC(=O)O)C(=O)O)c4csc(N)n4)[C@H]3SC2)[C@@H]2CC[C@H]1CC(NC(=O)c1ccc(O)c(O)c1Cl)C2. The van der Waals surface area contributed by atoms with Crippen molar-refractivity contribution >= 4 is 81.2 Å². The number of phenols is 2. The summed E-state index contributed by atoms with van der Waals surface area (Å²) in [5, 5.41) is 57.7. The molecular formula is C32H35ClN7O12S2+. The number of carboxylic acids is 3. The third-order valence-electron chi connectivity index (χ3n) is 10.2. The third-order valence-corrected chi connectivity index (χ3v) is 12.6. The van der Waals surface area contributed by atoms with Crippen molar-refractivity contribution < 1.29 is 63.6 Å². The van der Waals surface area contributed by atoms with E-state index < -0.39 is 76.8 Å². The molecule has 2 unspecified atom stereocenters. The van der Waals surface area contributed by atoms with E-state index in [4.69, 9.17) is 27.3 Å². The molecule has 1 aromatic carbocycles. The van der Waals surface area contributed by atoms with Gasteiger partial charge in [0.2, 0.25) is 6.10 Å². The molecule has 0 aliphatic carbocycles. The van der Waals surface area contributed by atoms with Gasteiger partial charge in [-0.05, 0) is 12.1 Å². The number of thioether (sulfide) groups is 1. The lowest BCUT2D eigenvalue weighted by molar-refractivity contribution is -0.944. The summed E-state index contributed by atoms with van der Waals surface area (Å²) in [4.78, 5) is 85.3. The molecule has 5 heterocycles. The van der Waals surface area contributed by atoms with Crippen molar-refractivity contribution in [2.45, 2.75) is 67.7 Å². The van der Waals surface area contributed by atoms with Gasteiger partial charge in [-0.3, -0.25) is 24.1 Å². The number of anilines is 1. The Kier molecular flexibility index (Phi) is 10.7. The number of rotatable bonds is 13. The number of nitrogens with one attached hydrogen (secondary N) is 2. The molecule has 0 radical (unpaired) electrons. The standard InChI is InChI=1S/C32H34ClN7O12S2/c1-40(14-2-3-15(40)7-13(6-14)35-26(45)16-4-5-18(41)25(44)21(16)33)9-12-10-53-29-23(28(47)39(29)24(12)31(50)51)37-27(46)22(17-11-54-32(34)36-17)38-52-19(30(48)49)8-20(42)43/h4-5,11,13-15,19,23,29H,2-3,6-10H2,1H3,(H8-,34,35,36,37,38,41,42,43,44,45,46,48,49,50,51)/p+1/t13?,14-,15+,19-,23+,29+,40?/m0/s1. The van der Waals surface area contributed by atoms with Crippen LogP contribution in [0.25, 0.3) is 0 Å². The number of carbonyl (C=O) groups is 6. The topological polar surface area (TPSA) is 291 Å². The molecule has 0 spiro atoms. The van der Waals surface area contributed by atoms with Crippen LogP contribution in [0.4, 0.5) is 5.13 Å². The summed E-state index contributed by atoms with van der Waals surface area (Å²) >= 11 is 8.30. The number of carboxylic acid groups (broad SMARTS) is 3. The molecule has 19 nitrogen and oxygen atoms in total. The van der Waals surface area contributed by atoms with Crippen LogP contribution in [0.15, 0.2) is 33.9 Å². The number of aromatic nitrogens is 1. The van der Waals surface area contributed by atoms with Gasteiger partial charge in [-0.25, -0.2) is 14.6 Å². The van der Waals surface area contributed by atoms with Crippen LogP contribution in [0, 0.1) is 0 Å². The molecule has 54 heavy (non-hydrogen) atoms. The van der Waals surface area contributed by atoms with Gasteiger partial charge in [-0.15, -0.1) is 23.1 Å². The number of nitrogen functional groups attached to an aromatic ring is 1.